The Bertz CT molecular complexity index is 722. The summed E-state index contributed by atoms with van der Waals surface area (Å²) < 4.78 is 27.9. The van der Waals surface area contributed by atoms with E-state index in [-0.39, 0.29) is 10.8 Å². The fraction of sp³-hybridized carbons (Fsp3) is 0.200. The third-order valence-electron chi connectivity index (χ3n) is 2.41. The molecule has 0 saturated carbocycles. The van der Waals surface area contributed by atoms with E-state index < -0.39 is 22.5 Å². The largest absolute Gasteiger partial charge is 0.371 e. The summed E-state index contributed by atoms with van der Waals surface area (Å²) in [5.41, 5.74) is 5.41. The standard InChI is InChI=1S/C10H13N5O3S/c1-12-9-10(19(17,18)13-6-7(11)16)15-5-3-2-4-8(15)14-9/h2-5,12-13H,6H2,1H3,(H2,11,16). The van der Waals surface area contributed by atoms with Crippen LogP contribution < -0.4 is 15.8 Å². The van der Waals surface area contributed by atoms with Gasteiger partial charge in [0.05, 0.1) is 6.54 Å². The molecule has 4 N–H and O–H groups in total. The number of primary amides is 1. The van der Waals surface area contributed by atoms with E-state index in [1.165, 1.54) is 4.40 Å². The Morgan fingerprint density at radius 2 is 2.21 bits per heavy atom. The van der Waals surface area contributed by atoms with Gasteiger partial charge < -0.3 is 11.1 Å². The average Bonchev–Trinajstić information content (AvgIpc) is 2.75. The first-order valence-corrected chi connectivity index (χ1v) is 6.87. The molecule has 0 bridgehead atoms. The smallest absolute Gasteiger partial charge is 0.260 e. The number of rotatable bonds is 5. The molecule has 0 aliphatic carbocycles. The maximum Gasteiger partial charge on any atom is 0.260 e. The van der Waals surface area contributed by atoms with Gasteiger partial charge in [0.25, 0.3) is 10.0 Å². The maximum atomic E-state index is 12.2. The van der Waals surface area contributed by atoms with Gasteiger partial charge >= 0.3 is 0 Å². The van der Waals surface area contributed by atoms with E-state index in [4.69, 9.17) is 5.73 Å². The van der Waals surface area contributed by atoms with Crippen LogP contribution in [0.5, 0.6) is 0 Å². The maximum absolute atomic E-state index is 12.2. The zero-order valence-corrected chi connectivity index (χ0v) is 10.9. The molecular formula is C10H13N5O3S. The number of hydrogen-bond acceptors (Lipinski definition) is 5. The first-order chi connectivity index (χ1) is 8.95. The van der Waals surface area contributed by atoms with E-state index in [1.807, 2.05) is 0 Å². The normalized spacial score (nSPS) is 11.6. The quantitative estimate of drug-likeness (QED) is 0.659. The molecule has 0 spiro atoms. The lowest BCUT2D eigenvalue weighted by Gasteiger charge is -2.06. The SMILES string of the molecule is CNc1nc2ccccn2c1S(=O)(=O)NCC(N)=O. The summed E-state index contributed by atoms with van der Waals surface area (Å²) in [6.45, 7) is -0.467. The van der Waals surface area contributed by atoms with E-state index in [2.05, 4.69) is 15.0 Å². The second-order valence-corrected chi connectivity index (χ2v) is 5.42. The second kappa shape index (κ2) is 4.86. The molecule has 2 rings (SSSR count). The topological polar surface area (TPSA) is 119 Å². The molecule has 0 unspecified atom stereocenters. The Morgan fingerprint density at radius 1 is 1.47 bits per heavy atom. The van der Waals surface area contributed by atoms with Gasteiger partial charge in [-0.3, -0.25) is 9.20 Å². The van der Waals surface area contributed by atoms with E-state index in [9.17, 15) is 13.2 Å². The Balaban J connectivity index is 2.57. The number of fused-ring (bicyclic) bond motifs is 1. The van der Waals surface area contributed by atoms with Crippen molar-refractivity contribution in [1.82, 2.24) is 14.1 Å². The van der Waals surface area contributed by atoms with Crippen LogP contribution in [0.4, 0.5) is 5.82 Å². The van der Waals surface area contributed by atoms with Crippen LogP contribution in [0.1, 0.15) is 0 Å². The summed E-state index contributed by atoms with van der Waals surface area (Å²) in [5.74, 6) is -0.563. The highest BCUT2D eigenvalue weighted by Gasteiger charge is 2.24. The molecule has 8 nitrogen and oxygen atoms in total. The molecule has 102 valence electrons. The number of aromatic nitrogens is 2. The Hall–Kier alpha value is -2.13. The zero-order chi connectivity index (χ0) is 14.0. The molecule has 0 saturated heterocycles. The lowest BCUT2D eigenvalue weighted by Crippen LogP contribution is -2.34. The van der Waals surface area contributed by atoms with E-state index in [0.717, 1.165) is 0 Å². The third-order valence-corrected chi connectivity index (χ3v) is 3.84. The number of nitrogens with one attached hydrogen (secondary N) is 2. The number of hydrogen-bond donors (Lipinski definition) is 3. The van der Waals surface area contributed by atoms with Gasteiger partial charge in [0, 0.05) is 13.2 Å². The van der Waals surface area contributed by atoms with Crippen LogP contribution in [0.25, 0.3) is 5.65 Å². The van der Waals surface area contributed by atoms with E-state index in [1.54, 1.807) is 31.4 Å². The Kier molecular flexibility index (Phi) is 3.40. The van der Waals surface area contributed by atoms with Crippen molar-refractivity contribution >= 4 is 27.4 Å². The van der Waals surface area contributed by atoms with E-state index in [0.29, 0.717) is 5.65 Å². The lowest BCUT2D eigenvalue weighted by atomic mass is 10.5. The number of nitrogens with zero attached hydrogens (tertiary/aromatic N) is 2. The number of carbonyl (C=O) groups is 1. The Morgan fingerprint density at radius 3 is 2.84 bits per heavy atom. The molecule has 0 fully saturated rings. The van der Waals surface area contributed by atoms with Gasteiger partial charge in [0.1, 0.15) is 5.65 Å². The van der Waals surface area contributed by atoms with Crippen molar-refractivity contribution in [2.75, 3.05) is 18.9 Å². The number of carbonyl (C=O) groups excluding carboxylic acids is 1. The molecule has 0 aliphatic heterocycles. The van der Waals surface area contributed by atoms with Crippen LogP contribution in [0.15, 0.2) is 29.4 Å². The van der Waals surface area contributed by atoms with Crippen molar-refractivity contribution in [2.24, 2.45) is 5.73 Å². The summed E-state index contributed by atoms with van der Waals surface area (Å²) in [5, 5.41) is 2.65. The van der Waals surface area contributed by atoms with Crippen molar-refractivity contribution in [1.29, 1.82) is 0 Å². The van der Waals surface area contributed by atoms with Crippen molar-refractivity contribution in [3.05, 3.63) is 24.4 Å². The average molecular weight is 283 g/mol. The van der Waals surface area contributed by atoms with Gasteiger partial charge in [-0.15, -0.1) is 0 Å². The summed E-state index contributed by atoms with van der Waals surface area (Å²) in [4.78, 5) is 14.8. The predicted molar refractivity (Wildman–Crippen MR) is 69.1 cm³/mol. The number of anilines is 1. The van der Waals surface area contributed by atoms with Gasteiger partial charge in [0.15, 0.2) is 10.8 Å². The number of imidazole rings is 1. The highest BCUT2D eigenvalue weighted by molar-refractivity contribution is 7.89. The molecular weight excluding hydrogens is 270 g/mol. The van der Waals surface area contributed by atoms with Crippen molar-refractivity contribution in [3.8, 4) is 0 Å². The summed E-state index contributed by atoms with van der Waals surface area (Å²) in [6, 6.07) is 5.10. The molecule has 19 heavy (non-hydrogen) atoms. The lowest BCUT2D eigenvalue weighted by molar-refractivity contribution is -0.116. The van der Waals surface area contributed by atoms with Gasteiger partial charge in [-0.1, -0.05) is 6.07 Å². The second-order valence-electron chi connectivity index (χ2n) is 3.74. The summed E-state index contributed by atoms with van der Waals surface area (Å²) >= 11 is 0. The van der Waals surface area contributed by atoms with Crippen LogP contribution in [0.3, 0.4) is 0 Å². The van der Waals surface area contributed by atoms with Crippen LogP contribution in [0, 0.1) is 0 Å². The number of amides is 1. The molecule has 0 radical (unpaired) electrons. The van der Waals surface area contributed by atoms with Crippen LogP contribution in [-0.2, 0) is 14.8 Å². The number of nitrogens with two attached hydrogens (primary N) is 1. The highest BCUT2D eigenvalue weighted by atomic mass is 32.2. The van der Waals surface area contributed by atoms with Gasteiger partial charge in [-0.05, 0) is 12.1 Å². The number of pyridine rings is 1. The monoisotopic (exact) mass is 283 g/mol. The first kappa shape index (κ1) is 13.3. The summed E-state index contributed by atoms with van der Waals surface area (Å²) in [6.07, 6.45) is 1.57. The van der Waals surface area contributed by atoms with Crippen LogP contribution in [-0.4, -0.2) is 37.3 Å². The molecule has 2 aromatic heterocycles. The van der Waals surface area contributed by atoms with Crippen molar-refractivity contribution < 1.29 is 13.2 Å². The molecule has 1 amide bonds. The van der Waals surface area contributed by atoms with E-state index >= 15 is 0 Å². The molecule has 0 aliphatic rings. The minimum Gasteiger partial charge on any atom is -0.371 e. The third kappa shape index (κ3) is 2.51. The van der Waals surface area contributed by atoms with Gasteiger partial charge in [0.2, 0.25) is 5.91 Å². The molecule has 2 aromatic rings. The fourth-order valence-electron chi connectivity index (χ4n) is 1.63. The van der Waals surface area contributed by atoms with Crippen molar-refractivity contribution in [2.45, 2.75) is 5.03 Å². The number of sulfonamides is 1. The molecule has 9 heteroatoms. The highest BCUT2D eigenvalue weighted by Crippen LogP contribution is 2.21. The summed E-state index contributed by atoms with van der Waals surface area (Å²) in [7, 11) is -2.33. The van der Waals surface area contributed by atoms with Gasteiger partial charge in [-0.2, -0.15) is 0 Å². The molecule has 2 heterocycles. The Labute approximate surface area is 109 Å². The minimum atomic E-state index is -3.89. The van der Waals surface area contributed by atoms with Crippen LogP contribution in [0.2, 0.25) is 0 Å². The fourth-order valence-corrected chi connectivity index (χ4v) is 2.91. The van der Waals surface area contributed by atoms with Gasteiger partial charge in [-0.25, -0.2) is 18.1 Å². The first-order valence-electron chi connectivity index (χ1n) is 5.38. The molecule has 0 aromatic carbocycles. The van der Waals surface area contributed by atoms with Crippen molar-refractivity contribution in [3.63, 3.8) is 0 Å². The van der Waals surface area contributed by atoms with Crippen LogP contribution >= 0.6 is 0 Å². The molecule has 0 atom stereocenters. The minimum absolute atomic E-state index is 0.0631. The zero-order valence-electron chi connectivity index (χ0n) is 10.1. The predicted octanol–water partition coefficient (Wildman–Crippen LogP) is -0.860.